The Morgan fingerprint density at radius 3 is 2.87 bits per heavy atom. The highest BCUT2D eigenvalue weighted by Gasteiger charge is 2.31. The second kappa shape index (κ2) is 5.57. The molecule has 4 rings (SSSR count). The first-order valence-electron chi connectivity index (χ1n) is 7.94. The molecule has 1 saturated carbocycles. The van der Waals surface area contributed by atoms with Gasteiger partial charge in [0.05, 0.1) is 13.7 Å². The molecule has 3 aromatic rings. The maximum atomic E-state index is 11.7. The summed E-state index contributed by atoms with van der Waals surface area (Å²) in [4.78, 5) is 11.7. The van der Waals surface area contributed by atoms with Crippen molar-refractivity contribution in [3.63, 3.8) is 0 Å². The van der Waals surface area contributed by atoms with Crippen molar-refractivity contribution < 1.29 is 9.53 Å². The number of carbonyl (C=O) groups is 1. The minimum absolute atomic E-state index is 0.506. The van der Waals surface area contributed by atoms with Crippen LogP contribution in [-0.2, 0) is 13.1 Å². The van der Waals surface area contributed by atoms with Gasteiger partial charge in [-0.25, -0.2) is 0 Å². The number of hydrogen-bond acceptors (Lipinski definition) is 3. The Morgan fingerprint density at radius 2 is 2.22 bits per heavy atom. The van der Waals surface area contributed by atoms with Crippen LogP contribution >= 0.6 is 0 Å². The van der Waals surface area contributed by atoms with Crippen molar-refractivity contribution in [3.05, 3.63) is 47.9 Å². The number of aromatic nitrogens is 3. The minimum atomic E-state index is 0.506. The SMILES string of the molecule is COc1ccc2c(c1)c(C=O)c(C1CC1)n2CCn1cccn1. The average molecular weight is 309 g/mol. The Labute approximate surface area is 134 Å². The number of rotatable bonds is 6. The molecule has 1 fully saturated rings. The lowest BCUT2D eigenvalue weighted by atomic mass is 10.1. The van der Waals surface area contributed by atoms with E-state index in [1.807, 2.05) is 29.1 Å². The van der Waals surface area contributed by atoms with Crippen LogP contribution in [0.4, 0.5) is 0 Å². The van der Waals surface area contributed by atoms with Gasteiger partial charge in [0.15, 0.2) is 6.29 Å². The van der Waals surface area contributed by atoms with E-state index in [-0.39, 0.29) is 0 Å². The molecule has 23 heavy (non-hydrogen) atoms. The van der Waals surface area contributed by atoms with Gasteiger partial charge in [-0.05, 0) is 43.0 Å². The zero-order chi connectivity index (χ0) is 15.8. The summed E-state index contributed by atoms with van der Waals surface area (Å²) in [5.74, 6) is 1.29. The van der Waals surface area contributed by atoms with Crippen LogP contribution in [0.3, 0.4) is 0 Å². The molecule has 0 N–H and O–H groups in total. The number of aldehydes is 1. The smallest absolute Gasteiger partial charge is 0.152 e. The van der Waals surface area contributed by atoms with Crippen molar-refractivity contribution in [2.75, 3.05) is 7.11 Å². The van der Waals surface area contributed by atoms with E-state index >= 15 is 0 Å². The average Bonchev–Trinajstić information content (AvgIpc) is 3.19. The van der Waals surface area contributed by atoms with Crippen LogP contribution in [0.5, 0.6) is 5.75 Å². The molecule has 0 bridgehead atoms. The molecule has 5 nitrogen and oxygen atoms in total. The monoisotopic (exact) mass is 309 g/mol. The van der Waals surface area contributed by atoms with E-state index in [4.69, 9.17) is 4.74 Å². The molecule has 0 aliphatic heterocycles. The first kappa shape index (κ1) is 14.1. The Kier molecular flexibility index (Phi) is 3.41. The fourth-order valence-electron chi connectivity index (χ4n) is 3.30. The molecule has 0 amide bonds. The highest BCUT2D eigenvalue weighted by Crippen LogP contribution is 2.45. The van der Waals surface area contributed by atoms with Crippen molar-refractivity contribution in [2.45, 2.75) is 31.8 Å². The zero-order valence-corrected chi connectivity index (χ0v) is 13.1. The van der Waals surface area contributed by atoms with Gasteiger partial charge < -0.3 is 9.30 Å². The summed E-state index contributed by atoms with van der Waals surface area (Å²) in [5, 5.41) is 5.26. The second-order valence-corrected chi connectivity index (χ2v) is 5.99. The van der Waals surface area contributed by atoms with E-state index in [9.17, 15) is 4.79 Å². The topological polar surface area (TPSA) is 49.0 Å². The number of aryl methyl sites for hydroxylation is 2. The number of nitrogens with zero attached hydrogens (tertiary/aromatic N) is 3. The third kappa shape index (κ3) is 2.42. The molecular formula is C18H19N3O2. The van der Waals surface area contributed by atoms with Crippen LogP contribution in [0.2, 0.25) is 0 Å². The third-order valence-electron chi connectivity index (χ3n) is 4.55. The Hall–Kier alpha value is -2.56. The molecule has 1 aliphatic carbocycles. The predicted molar refractivity (Wildman–Crippen MR) is 88.1 cm³/mol. The van der Waals surface area contributed by atoms with Gasteiger partial charge in [0.25, 0.3) is 0 Å². The summed E-state index contributed by atoms with van der Waals surface area (Å²) in [6.45, 7) is 1.60. The van der Waals surface area contributed by atoms with Gasteiger partial charge in [-0.1, -0.05) is 0 Å². The molecule has 0 atom stereocenters. The van der Waals surface area contributed by atoms with Gasteiger partial charge in [-0.3, -0.25) is 9.48 Å². The lowest BCUT2D eigenvalue weighted by Crippen LogP contribution is -2.10. The quantitative estimate of drug-likeness (QED) is 0.657. The van der Waals surface area contributed by atoms with E-state index in [2.05, 4.69) is 15.7 Å². The minimum Gasteiger partial charge on any atom is -0.497 e. The number of hydrogen-bond donors (Lipinski definition) is 0. The standard InChI is InChI=1S/C18H19N3O2/c1-23-14-5-6-17-15(11-14)16(12-22)18(13-3-4-13)21(17)10-9-20-8-2-7-19-20/h2,5-8,11-13H,3-4,9-10H2,1H3. The highest BCUT2D eigenvalue weighted by molar-refractivity contribution is 6.00. The van der Waals surface area contributed by atoms with Crippen molar-refractivity contribution in [2.24, 2.45) is 0 Å². The predicted octanol–water partition coefficient (Wildman–Crippen LogP) is 3.24. The van der Waals surface area contributed by atoms with Crippen molar-refractivity contribution in [3.8, 4) is 5.75 Å². The molecule has 118 valence electrons. The van der Waals surface area contributed by atoms with E-state index < -0.39 is 0 Å². The summed E-state index contributed by atoms with van der Waals surface area (Å²) in [6, 6.07) is 7.90. The Balaban J connectivity index is 1.83. The van der Waals surface area contributed by atoms with Crippen molar-refractivity contribution >= 4 is 17.2 Å². The maximum Gasteiger partial charge on any atom is 0.152 e. The Bertz CT molecular complexity index is 845. The fraction of sp³-hybridized carbons (Fsp3) is 0.333. The molecule has 0 saturated heterocycles. The van der Waals surface area contributed by atoms with E-state index in [1.54, 1.807) is 13.3 Å². The summed E-state index contributed by atoms with van der Waals surface area (Å²) in [6.07, 6.45) is 7.08. The van der Waals surface area contributed by atoms with E-state index in [1.165, 1.54) is 5.69 Å². The number of carbonyl (C=O) groups excluding carboxylic acids is 1. The normalized spacial score (nSPS) is 14.3. The van der Waals surface area contributed by atoms with E-state index in [0.717, 1.165) is 54.4 Å². The van der Waals surface area contributed by atoms with Gasteiger partial charge in [-0.2, -0.15) is 5.10 Å². The van der Waals surface area contributed by atoms with Crippen LogP contribution in [0.1, 0.15) is 34.8 Å². The van der Waals surface area contributed by atoms with Crippen LogP contribution in [0.15, 0.2) is 36.7 Å². The summed E-state index contributed by atoms with van der Waals surface area (Å²) >= 11 is 0. The molecular weight excluding hydrogens is 290 g/mol. The first-order chi connectivity index (χ1) is 11.3. The largest absolute Gasteiger partial charge is 0.497 e. The molecule has 2 heterocycles. The van der Waals surface area contributed by atoms with Gasteiger partial charge in [0.1, 0.15) is 5.75 Å². The molecule has 2 aromatic heterocycles. The molecule has 0 radical (unpaired) electrons. The number of fused-ring (bicyclic) bond motifs is 1. The van der Waals surface area contributed by atoms with Crippen LogP contribution < -0.4 is 4.74 Å². The zero-order valence-electron chi connectivity index (χ0n) is 13.1. The first-order valence-corrected chi connectivity index (χ1v) is 7.94. The number of methoxy groups -OCH3 is 1. The van der Waals surface area contributed by atoms with Gasteiger partial charge in [-0.15, -0.1) is 0 Å². The lowest BCUT2D eigenvalue weighted by molar-refractivity contribution is 0.112. The third-order valence-corrected chi connectivity index (χ3v) is 4.55. The van der Waals surface area contributed by atoms with Crippen LogP contribution in [0, 0.1) is 0 Å². The highest BCUT2D eigenvalue weighted by atomic mass is 16.5. The second-order valence-electron chi connectivity index (χ2n) is 5.99. The van der Waals surface area contributed by atoms with Gasteiger partial charge in [0, 0.05) is 41.1 Å². The summed E-state index contributed by atoms with van der Waals surface area (Å²) in [7, 11) is 1.65. The van der Waals surface area contributed by atoms with Crippen LogP contribution in [0.25, 0.3) is 10.9 Å². The van der Waals surface area contributed by atoms with Crippen molar-refractivity contribution in [1.29, 1.82) is 0 Å². The molecule has 0 unspecified atom stereocenters. The lowest BCUT2D eigenvalue weighted by Gasteiger charge is -2.11. The molecule has 1 aliphatic rings. The van der Waals surface area contributed by atoms with E-state index in [0.29, 0.717) is 5.92 Å². The fourth-order valence-corrected chi connectivity index (χ4v) is 3.30. The maximum absolute atomic E-state index is 11.7. The number of benzene rings is 1. The van der Waals surface area contributed by atoms with Gasteiger partial charge in [0.2, 0.25) is 0 Å². The van der Waals surface area contributed by atoms with Crippen LogP contribution in [-0.4, -0.2) is 27.7 Å². The van der Waals surface area contributed by atoms with Crippen molar-refractivity contribution in [1.82, 2.24) is 14.3 Å². The van der Waals surface area contributed by atoms with Gasteiger partial charge >= 0.3 is 0 Å². The Morgan fingerprint density at radius 1 is 1.35 bits per heavy atom. The molecule has 5 heteroatoms. The molecule has 1 aromatic carbocycles. The number of ether oxygens (including phenoxy) is 1. The summed E-state index contributed by atoms with van der Waals surface area (Å²) in [5.41, 5.74) is 3.10. The molecule has 0 spiro atoms. The summed E-state index contributed by atoms with van der Waals surface area (Å²) < 4.78 is 9.54.